The van der Waals surface area contributed by atoms with E-state index < -0.39 is 90.4 Å². The number of ketones is 1. The average molecular weight is 704 g/mol. The summed E-state index contributed by atoms with van der Waals surface area (Å²) in [6.07, 6.45) is -8.20. The molecule has 0 atom stereocenters. The molecule has 0 aliphatic carbocycles. The van der Waals surface area contributed by atoms with Crippen molar-refractivity contribution in [2.45, 2.75) is 66.7 Å². The van der Waals surface area contributed by atoms with Crippen LogP contribution < -0.4 is 0 Å². The lowest BCUT2D eigenvalue weighted by molar-refractivity contribution is -0.458. The van der Waals surface area contributed by atoms with E-state index in [9.17, 15) is 87.8 Å². The van der Waals surface area contributed by atoms with E-state index in [0.29, 0.717) is 0 Å². The summed E-state index contributed by atoms with van der Waals surface area (Å²) in [6.45, 7) is 1.40. The molecule has 24 heteroatoms. The minimum atomic E-state index is -8.91. The standard InChI is InChI=1S/C17H17F17O4S3/c1-2-3-9(35)8-40(6-4-39-5-7-40)38-41(36,37)17(33,34)15(28,29)13(24,25)11(20,21)10(18,19)12(22,23)14(26,27)16(30,31)32/h2-8H2,1H3. The van der Waals surface area contributed by atoms with Gasteiger partial charge in [0.25, 0.3) is 0 Å². The van der Waals surface area contributed by atoms with Crippen LogP contribution in [0.5, 0.6) is 0 Å². The van der Waals surface area contributed by atoms with Crippen molar-refractivity contribution >= 4 is 38.0 Å². The van der Waals surface area contributed by atoms with Crippen LogP contribution in [0.25, 0.3) is 0 Å². The quantitative estimate of drug-likeness (QED) is 0.191. The highest BCUT2D eigenvalue weighted by Crippen LogP contribution is 2.65. The molecule has 0 N–H and O–H groups in total. The Hall–Kier alpha value is -0.910. The molecule has 1 aliphatic rings. The SMILES string of the molecule is CCCC(=O)CS1(OS(=O)(=O)C(F)(F)C(F)(F)C(F)(F)C(F)(F)C(F)(F)C(F)(F)C(F)(F)C(F)(F)F)CCSCC1. The molecule has 1 rings (SSSR count). The van der Waals surface area contributed by atoms with Crippen molar-refractivity contribution in [3.63, 3.8) is 0 Å². The van der Waals surface area contributed by atoms with E-state index in [-0.39, 0.29) is 24.3 Å². The summed E-state index contributed by atoms with van der Waals surface area (Å²) in [7, 11) is -11.5. The van der Waals surface area contributed by atoms with Crippen LogP contribution in [0.1, 0.15) is 19.8 Å². The largest absolute Gasteiger partial charge is 0.460 e. The molecule has 0 aromatic rings. The number of rotatable bonds is 13. The number of carbonyl (C=O) groups excluding carboxylic acids is 1. The summed E-state index contributed by atoms with van der Waals surface area (Å²) in [4.78, 5) is 12.0. The zero-order valence-electron chi connectivity index (χ0n) is 19.7. The van der Waals surface area contributed by atoms with E-state index in [1.54, 1.807) is 0 Å². The Labute approximate surface area is 225 Å². The molecule has 0 amide bonds. The van der Waals surface area contributed by atoms with Gasteiger partial charge in [0.1, 0.15) is 5.78 Å². The van der Waals surface area contributed by atoms with Crippen molar-refractivity contribution in [3.8, 4) is 0 Å². The van der Waals surface area contributed by atoms with Crippen LogP contribution in [0.15, 0.2) is 0 Å². The maximum atomic E-state index is 14.4. The van der Waals surface area contributed by atoms with Gasteiger partial charge in [-0.05, 0) is 6.42 Å². The lowest BCUT2D eigenvalue weighted by Crippen LogP contribution is -2.75. The highest BCUT2D eigenvalue weighted by Gasteiger charge is 2.96. The fourth-order valence-corrected chi connectivity index (χ4v) is 10.9. The Balaban J connectivity index is 3.68. The molecule has 41 heavy (non-hydrogen) atoms. The first-order chi connectivity index (χ1) is 17.9. The van der Waals surface area contributed by atoms with E-state index in [0.717, 1.165) is 11.8 Å². The summed E-state index contributed by atoms with van der Waals surface area (Å²) in [5.41, 5.74) is 0. The van der Waals surface area contributed by atoms with Crippen LogP contribution in [-0.4, -0.2) is 89.9 Å². The Bertz CT molecular complexity index is 1070. The fourth-order valence-electron chi connectivity index (χ4n) is 3.05. The van der Waals surface area contributed by atoms with Gasteiger partial charge >= 0.3 is 57.1 Å². The van der Waals surface area contributed by atoms with Crippen molar-refractivity contribution in [1.29, 1.82) is 0 Å². The Morgan fingerprint density at radius 1 is 0.683 bits per heavy atom. The number of hydrogen-bond acceptors (Lipinski definition) is 5. The molecule has 0 radical (unpaired) electrons. The molecule has 0 aromatic heterocycles. The molecule has 4 nitrogen and oxygen atoms in total. The molecule has 1 heterocycles. The molecular formula is C17H17F17O4S3. The monoisotopic (exact) mass is 704 g/mol. The van der Waals surface area contributed by atoms with Gasteiger partial charge in [-0.25, -0.2) is 3.63 Å². The van der Waals surface area contributed by atoms with E-state index in [1.165, 1.54) is 6.92 Å². The molecular weight excluding hydrogens is 687 g/mol. The molecule has 1 saturated heterocycles. The van der Waals surface area contributed by atoms with Crippen LogP contribution >= 0.6 is 22.1 Å². The van der Waals surface area contributed by atoms with Crippen LogP contribution in [-0.2, 0) is 18.5 Å². The third-order valence-corrected chi connectivity index (χ3v) is 12.4. The van der Waals surface area contributed by atoms with Crippen molar-refractivity contribution in [1.82, 2.24) is 0 Å². The fraction of sp³-hybridized carbons (Fsp3) is 0.941. The summed E-state index contributed by atoms with van der Waals surface area (Å²) >= 11 is 0.977. The van der Waals surface area contributed by atoms with Crippen LogP contribution in [0.3, 0.4) is 0 Å². The zero-order valence-corrected chi connectivity index (χ0v) is 22.2. The highest BCUT2D eigenvalue weighted by atomic mass is 32.3. The maximum absolute atomic E-state index is 14.4. The first kappa shape index (κ1) is 38.1. The van der Waals surface area contributed by atoms with Crippen LogP contribution in [0.4, 0.5) is 74.6 Å². The topological polar surface area (TPSA) is 60.4 Å². The van der Waals surface area contributed by atoms with Crippen LogP contribution in [0, 0.1) is 0 Å². The molecule has 0 aromatic carbocycles. The lowest BCUT2D eigenvalue weighted by atomic mass is 9.91. The second-order valence-electron chi connectivity index (χ2n) is 8.40. The van der Waals surface area contributed by atoms with Gasteiger partial charge in [-0.3, -0.25) is 4.79 Å². The number of hydrogen-bond donors (Lipinski definition) is 0. The number of carbonyl (C=O) groups is 1. The predicted molar refractivity (Wildman–Crippen MR) is 110 cm³/mol. The van der Waals surface area contributed by atoms with Gasteiger partial charge in [-0.2, -0.15) is 94.8 Å². The normalized spacial score (nSPS) is 19.7. The molecule has 0 spiro atoms. The molecule has 1 aliphatic heterocycles. The van der Waals surface area contributed by atoms with Crippen LogP contribution in [0.2, 0.25) is 0 Å². The van der Waals surface area contributed by atoms with Gasteiger partial charge in [-0.15, -0.1) is 10.3 Å². The number of alkyl halides is 17. The van der Waals surface area contributed by atoms with E-state index in [1.807, 2.05) is 0 Å². The summed E-state index contributed by atoms with van der Waals surface area (Å²) in [5.74, 6) is -55.7. The average Bonchev–Trinajstić information content (AvgIpc) is 2.77. The van der Waals surface area contributed by atoms with E-state index in [4.69, 9.17) is 0 Å². The second-order valence-corrected chi connectivity index (χ2v) is 14.6. The van der Waals surface area contributed by atoms with Crippen molar-refractivity contribution < 1.29 is 91.5 Å². The van der Waals surface area contributed by atoms with Gasteiger partial charge in [0.05, 0.1) is 5.75 Å². The summed E-state index contributed by atoms with van der Waals surface area (Å²) < 4.78 is 257. The minimum Gasteiger partial charge on any atom is -0.299 e. The number of thioether (sulfide) groups is 1. The lowest BCUT2D eigenvalue weighted by Gasteiger charge is -2.44. The zero-order chi connectivity index (χ0) is 32.9. The molecule has 0 bridgehead atoms. The van der Waals surface area contributed by atoms with E-state index >= 15 is 0 Å². The molecule has 246 valence electrons. The van der Waals surface area contributed by atoms with Gasteiger partial charge in [0.15, 0.2) is 0 Å². The highest BCUT2D eigenvalue weighted by molar-refractivity contribution is 8.34. The van der Waals surface area contributed by atoms with Gasteiger partial charge in [0, 0.05) is 29.4 Å². The van der Waals surface area contributed by atoms with E-state index in [2.05, 4.69) is 3.63 Å². The Morgan fingerprint density at radius 3 is 1.41 bits per heavy atom. The summed E-state index contributed by atoms with van der Waals surface area (Å²) in [6, 6.07) is 0. The second kappa shape index (κ2) is 11.2. The van der Waals surface area contributed by atoms with Gasteiger partial charge in [0.2, 0.25) is 0 Å². The van der Waals surface area contributed by atoms with Gasteiger partial charge in [-0.1, -0.05) is 6.92 Å². The van der Waals surface area contributed by atoms with Crippen molar-refractivity contribution in [2.24, 2.45) is 0 Å². The van der Waals surface area contributed by atoms with Crippen molar-refractivity contribution in [2.75, 3.05) is 28.8 Å². The first-order valence-corrected chi connectivity index (χ1v) is 15.0. The number of halogens is 17. The minimum absolute atomic E-state index is 0.0671. The Kier molecular flexibility index (Phi) is 10.4. The summed E-state index contributed by atoms with van der Waals surface area (Å²) in [5, 5.41) is -7.75. The molecule has 0 unspecified atom stereocenters. The Morgan fingerprint density at radius 2 is 1.05 bits per heavy atom. The predicted octanol–water partition coefficient (Wildman–Crippen LogP) is 7.14. The molecule has 1 fully saturated rings. The van der Waals surface area contributed by atoms with Gasteiger partial charge < -0.3 is 0 Å². The maximum Gasteiger partial charge on any atom is 0.460 e. The van der Waals surface area contributed by atoms with Crippen molar-refractivity contribution in [3.05, 3.63) is 0 Å². The molecule has 0 saturated carbocycles. The third kappa shape index (κ3) is 5.95. The number of Topliss-reactive ketones (excluding diaryl/α,β-unsaturated/α-hetero) is 1. The first-order valence-electron chi connectivity index (χ1n) is 10.4. The smallest absolute Gasteiger partial charge is 0.299 e. The third-order valence-electron chi connectivity index (χ3n) is 5.39.